The molecule has 2 aliphatic rings. The van der Waals surface area contributed by atoms with Crippen LogP contribution < -0.4 is 9.64 Å². The Balaban J connectivity index is 1.41. The van der Waals surface area contributed by atoms with Crippen LogP contribution in [0.15, 0.2) is 79.0 Å². The maximum atomic E-state index is 14.6. The van der Waals surface area contributed by atoms with Crippen molar-refractivity contribution in [2.45, 2.75) is 57.3 Å². The van der Waals surface area contributed by atoms with Crippen molar-refractivity contribution in [3.8, 4) is 5.75 Å². The second-order valence-electron chi connectivity index (χ2n) is 11.1. The Kier molecular flexibility index (Phi) is 6.47. The number of fused-ring (bicyclic) bond motifs is 2. The number of carbonyl (C=O) groups is 1. The molecule has 0 radical (unpaired) electrons. The molecule has 0 bridgehead atoms. The van der Waals surface area contributed by atoms with Crippen LogP contribution in [-0.4, -0.2) is 39.0 Å². The molecular weight excluding hydrogens is 486 g/mol. The van der Waals surface area contributed by atoms with Gasteiger partial charge in [-0.05, 0) is 61.6 Å². The van der Waals surface area contributed by atoms with Crippen LogP contribution in [0.2, 0.25) is 0 Å². The van der Waals surface area contributed by atoms with E-state index >= 15 is 0 Å². The molecule has 0 saturated carbocycles. The van der Waals surface area contributed by atoms with Crippen LogP contribution in [-0.2, 0) is 30.3 Å². The van der Waals surface area contributed by atoms with Crippen LogP contribution in [0.4, 0.5) is 5.69 Å². The molecular formula is C32H35N5O2. The van der Waals surface area contributed by atoms with E-state index in [1.54, 1.807) is 11.8 Å². The highest BCUT2D eigenvalue weighted by molar-refractivity contribution is 6.08. The zero-order valence-electron chi connectivity index (χ0n) is 23.0. The number of aryl methyl sites for hydroxylation is 2. The van der Waals surface area contributed by atoms with Crippen molar-refractivity contribution in [2.75, 3.05) is 12.0 Å². The Hall–Kier alpha value is -3.97. The molecule has 6 rings (SSSR count). The molecule has 7 heteroatoms. The van der Waals surface area contributed by atoms with E-state index in [-0.39, 0.29) is 18.0 Å². The Morgan fingerprint density at radius 2 is 1.72 bits per heavy atom. The lowest BCUT2D eigenvalue weighted by molar-refractivity contribution is -0.127. The average Bonchev–Trinajstić information content (AvgIpc) is 3.47. The molecule has 39 heavy (non-hydrogen) atoms. The lowest BCUT2D eigenvalue weighted by atomic mass is 9.68. The number of hydrogen-bond acceptors (Lipinski definition) is 5. The van der Waals surface area contributed by atoms with Crippen molar-refractivity contribution in [1.82, 2.24) is 19.9 Å². The Bertz CT molecular complexity index is 1480. The van der Waals surface area contributed by atoms with Crippen molar-refractivity contribution in [3.05, 3.63) is 107 Å². The first-order chi connectivity index (χ1) is 18.9. The van der Waals surface area contributed by atoms with Gasteiger partial charge in [-0.15, -0.1) is 5.10 Å². The Morgan fingerprint density at radius 3 is 2.41 bits per heavy atom. The van der Waals surface area contributed by atoms with E-state index in [4.69, 9.17) is 4.74 Å². The number of methoxy groups -OCH3 is 1. The van der Waals surface area contributed by atoms with Crippen LogP contribution >= 0.6 is 0 Å². The summed E-state index contributed by atoms with van der Waals surface area (Å²) >= 11 is 0. The minimum absolute atomic E-state index is 0.0408. The van der Waals surface area contributed by atoms with Gasteiger partial charge in [0.25, 0.3) is 0 Å². The van der Waals surface area contributed by atoms with E-state index in [2.05, 4.69) is 71.5 Å². The maximum Gasteiger partial charge on any atom is 0.238 e. The summed E-state index contributed by atoms with van der Waals surface area (Å²) < 4.78 is 7.10. The van der Waals surface area contributed by atoms with Crippen molar-refractivity contribution < 1.29 is 9.53 Å². The Labute approximate surface area is 230 Å². The predicted octanol–water partition coefficient (Wildman–Crippen LogP) is 5.34. The highest BCUT2D eigenvalue weighted by atomic mass is 16.5. The highest BCUT2D eigenvalue weighted by Gasteiger charge is 2.56. The van der Waals surface area contributed by atoms with Crippen LogP contribution in [0.25, 0.3) is 0 Å². The maximum absolute atomic E-state index is 14.6. The number of carbonyl (C=O) groups excluding carboxylic acids is 1. The van der Waals surface area contributed by atoms with Crippen molar-refractivity contribution in [3.63, 3.8) is 0 Å². The minimum atomic E-state index is -0.622. The van der Waals surface area contributed by atoms with E-state index < -0.39 is 5.41 Å². The first-order valence-electron chi connectivity index (χ1n) is 13.6. The minimum Gasteiger partial charge on any atom is -0.497 e. The molecule has 7 nitrogen and oxygen atoms in total. The van der Waals surface area contributed by atoms with Gasteiger partial charge >= 0.3 is 0 Å². The largest absolute Gasteiger partial charge is 0.497 e. The number of rotatable bonds is 6. The van der Waals surface area contributed by atoms with Gasteiger partial charge in [0.1, 0.15) is 5.75 Å². The molecule has 0 aliphatic carbocycles. The van der Waals surface area contributed by atoms with Crippen molar-refractivity contribution in [1.29, 1.82) is 0 Å². The van der Waals surface area contributed by atoms with Gasteiger partial charge in [-0.3, -0.25) is 14.4 Å². The predicted molar refractivity (Wildman–Crippen MR) is 151 cm³/mol. The lowest BCUT2D eigenvalue weighted by Crippen LogP contribution is -2.53. The van der Waals surface area contributed by atoms with Crippen LogP contribution in [0, 0.1) is 6.92 Å². The molecule has 4 aromatic rings. The highest BCUT2D eigenvalue weighted by Crippen LogP contribution is 2.54. The molecule has 0 N–H and O–H groups in total. The normalized spacial score (nSPS) is 22.9. The van der Waals surface area contributed by atoms with Gasteiger partial charge < -0.3 is 9.64 Å². The first-order valence-corrected chi connectivity index (χ1v) is 13.6. The number of nitrogens with zero attached hydrogens (tertiary/aromatic N) is 5. The summed E-state index contributed by atoms with van der Waals surface area (Å²) in [5.41, 5.74) is 5.95. The second-order valence-corrected chi connectivity index (χ2v) is 11.1. The van der Waals surface area contributed by atoms with Gasteiger partial charge in [0.05, 0.1) is 30.8 Å². The van der Waals surface area contributed by atoms with Gasteiger partial charge in [0.15, 0.2) is 0 Å². The standard InChI is InChI=1S/C32H35N5O2/c1-22-10-15-29-27(16-22)32(31(38)37(29)20-25-11-13-26(39-4)14-12-25)17-23(2)36(19-24-8-6-5-7-9-24)30(18-32)28-21-35(3)34-33-28/h5-16,21,23,30H,17-20H2,1-4H3/t23-,30-,32?/m0/s1. The topological polar surface area (TPSA) is 63.5 Å². The van der Waals surface area contributed by atoms with E-state index in [1.165, 1.54) is 11.1 Å². The molecule has 1 spiro atoms. The van der Waals surface area contributed by atoms with E-state index in [0.717, 1.165) is 41.2 Å². The zero-order chi connectivity index (χ0) is 27.1. The summed E-state index contributed by atoms with van der Waals surface area (Å²) in [4.78, 5) is 19.1. The third-order valence-corrected chi connectivity index (χ3v) is 8.43. The number of anilines is 1. The third-order valence-electron chi connectivity index (χ3n) is 8.43. The zero-order valence-corrected chi connectivity index (χ0v) is 23.0. The molecule has 3 aromatic carbocycles. The molecule has 1 amide bonds. The molecule has 2 aliphatic heterocycles. The summed E-state index contributed by atoms with van der Waals surface area (Å²) in [5, 5.41) is 8.83. The monoisotopic (exact) mass is 521 g/mol. The van der Waals surface area contributed by atoms with Gasteiger partial charge in [0, 0.05) is 31.5 Å². The summed E-state index contributed by atoms with van der Waals surface area (Å²) in [6, 6.07) is 25.1. The molecule has 1 unspecified atom stereocenters. The second kappa shape index (κ2) is 9.97. The number of hydrogen-bond donors (Lipinski definition) is 0. The number of ether oxygens (including phenoxy) is 1. The lowest BCUT2D eigenvalue weighted by Gasteiger charge is -2.47. The van der Waals surface area contributed by atoms with E-state index in [1.807, 2.05) is 48.5 Å². The number of likely N-dealkylation sites (tertiary alicyclic amines) is 1. The first kappa shape index (κ1) is 25.3. The smallest absolute Gasteiger partial charge is 0.238 e. The average molecular weight is 522 g/mol. The fourth-order valence-corrected chi connectivity index (χ4v) is 6.53. The quantitative estimate of drug-likeness (QED) is 0.343. The van der Waals surface area contributed by atoms with Gasteiger partial charge in [-0.25, -0.2) is 0 Å². The number of aromatic nitrogens is 3. The molecule has 1 aromatic heterocycles. The number of benzene rings is 3. The van der Waals surface area contributed by atoms with Gasteiger partial charge in [-0.1, -0.05) is 65.4 Å². The van der Waals surface area contributed by atoms with Crippen LogP contribution in [0.5, 0.6) is 5.75 Å². The Morgan fingerprint density at radius 1 is 0.974 bits per heavy atom. The fourth-order valence-electron chi connectivity index (χ4n) is 6.53. The summed E-state index contributed by atoms with van der Waals surface area (Å²) in [5.74, 6) is 0.990. The van der Waals surface area contributed by atoms with E-state index in [0.29, 0.717) is 13.0 Å². The fraction of sp³-hybridized carbons (Fsp3) is 0.344. The van der Waals surface area contributed by atoms with Crippen molar-refractivity contribution in [2.24, 2.45) is 7.05 Å². The molecule has 1 fully saturated rings. The summed E-state index contributed by atoms with van der Waals surface area (Å²) in [7, 11) is 3.57. The van der Waals surface area contributed by atoms with E-state index in [9.17, 15) is 4.79 Å². The third kappa shape index (κ3) is 4.51. The molecule has 200 valence electrons. The van der Waals surface area contributed by atoms with Gasteiger partial charge in [0.2, 0.25) is 5.91 Å². The SMILES string of the molecule is COc1ccc(CN2C(=O)C3(C[C@H](C)N(Cc4ccccc4)[C@H](c4cn(C)nn4)C3)c3cc(C)ccc32)cc1. The van der Waals surface area contributed by atoms with Crippen molar-refractivity contribution >= 4 is 11.6 Å². The summed E-state index contributed by atoms with van der Waals surface area (Å²) in [6.07, 6.45) is 3.42. The number of piperidine rings is 1. The molecule has 3 atom stereocenters. The number of amides is 1. The van der Waals surface area contributed by atoms with Crippen LogP contribution in [0.3, 0.4) is 0 Å². The molecule has 1 saturated heterocycles. The van der Waals surface area contributed by atoms with Crippen LogP contribution in [0.1, 0.15) is 53.8 Å². The van der Waals surface area contributed by atoms with Gasteiger partial charge in [-0.2, -0.15) is 0 Å². The summed E-state index contributed by atoms with van der Waals surface area (Å²) in [6.45, 7) is 5.68. The molecule has 3 heterocycles.